The zero-order valence-corrected chi connectivity index (χ0v) is 20.2. The highest BCUT2D eigenvalue weighted by molar-refractivity contribution is 6.31. The summed E-state index contributed by atoms with van der Waals surface area (Å²) in [5.41, 5.74) is 2.75. The summed E-state index contributed by atoms with van der Waals surface area (Å²) in [6.07, 6.45) is 8.81. The van der Waals surface area contributed by atoms with Crippen LogP contribution in [0.2, 0.25) is 5.02 Å². The fourth-order valence-corrected chi connectivity index (χ4v) is 7.21. The Morgan fingerprint density at radius 3 is 2.31 bits per heavy atom. The summed E-state index contributed by atoms with van der Waals surface area (Å²) in [7, 11) is 0. The predicted octanol–water partition coefficient (Wildman–Crippen LogP) is 7.01. The minimum atomic E-state index is 0.431. The van der Waals surface area contributed by atoms with Gasteiger partial charge in [0.1, 0.15) is 6.61 Å². The molecule has 0 heterocycles. The summed E-state index contributed by atoms with van der Waals surface area (Å²) >= 11 is 6.28. The third kappa shape index (κ3) is 4.52. The van der Waals surface area contributed by atoms with Crippen molar-refractivity contribution in [1.82, 2.24) is 5.32 Å². The first-order chi connectivity index (χ1) is 15.5. The molecule has 0 aromatic heterocycles. The zero-order chi connectivity index (χ0) is 22.1. The first-order valence-electron chi connectivity index (χ1n) is 12.4. The number of nitrogens with one attached hydrogen (secondary N) is 1. The van der Waals surface area contributed by atoms with E-state index in [1.165, 1.54) is 44.1 Å². The summed E-state index contributed by atoms with van der Waals surface area (Å²) in [5, 5.41) is 4.62. The summed E-state index contributed by atoms with van der Waals surface area (Å²) in [6.45, 7) is 6.35. The maximum atomic E-state index is 6.28. The van der Waals surface area contributed by atoms with Crippen molar-refractivity contribution in [3.8, 4) is 11.5 Å². The second-order valence-electron chi connectivity index (χ2n) is 10.5. The number of ether oxygens (including phenoxy) is 2. The normalized spacial score (nSPS) is 29.2. The molecule has 1 atom stereocenters. The summed E-state index contributed by atoms with van der Waals surface area (Å²) in [5.74, 6) is 4.55. The van der Waals surface area contributed by atoms with Crippen molar-refractivity contribution >= 4 is 11.6 Å². The molecule has 1 N–H and O–H groups in total. The predicted molar refractivity (Wildman–Crippen MR) is 130 cm³/mol. The van der Waals surface area contributed by atoms with Crippen LogP contribution in [0.3, 0.4) is 0 Å². The summed E-state index contributed by atoms with van der Waals surface area (Å²) < 4.78 is 12.0. The summed E-state index contributed by atoms with van der Waals surface area (Å²) in [4.78, 5) is 0. The Hall–Kier alpha value is -1.71. The van der Waals surface area contributed by atoms with E-state index in [4.69, 9.17) is 21.1 Å². The van der Waals surface area contributed by atoms with Gasteiger partial charge in [-0.25, -0.2) is 0 Å². The molecule has 3 nitrogen and oxygen atoms in total. The van der Waals surface area contributed by atoms with Crippen molar-refractivity contribution < 1.29 is 9.47 Å². The first-order valence-corrected chi connectivity index (χ1v) is 12.8. The third-order valence-corrected chi connectivity index (χ3v) is 8.63. The average molecular weight is 454 g/mol. The quantitative estimate of drug-likeness (QED) is 0.442. The molecule has 6 rings (SSSR count). The zero-order valence-electron chi connectivity index (χ0n) is 19.4. The van der Waals surface area contributed by atoms with Gasteiger partial charge in [-0.2, -0.15) is 0 Å². The Morgan fingerprint density at radius 2 is 1.66 bits per heavy atom. The van der Waals surface area contributed by atoms with Crippen LogP contribution < -0.4 is 14.8 Å². The molecule has 172 valence electrons. The number of halogens is 1. The van der Waals surface area contributed by atoms with Crippen LogP contribution in [0.5, 0.6) is 11.5 Å². The Bertz CT molecular complexity index is 907. The van der Waals surface area contributed by atoms with Crippen molar-refractivity contribution in [1.29, 1.82) is 0 Å². The Kier molecular flexibility index (Phi) is 6.40. The minimum Gasteiger partial charge on any atom is -0.490 e. The lowest BCUT2D eigenvalue weighted by Crippen LogP contribution is -2.54. The molecule has 2 aromatic rings. The van der Waals surface area contributed by atoms with Gasteiger partial charge in [0.2, 0.25) is 0 Å². The number of hydrogen-bond acceptors (Lipinski definition) is 3. The van der Waals surface area contributed by atoms with Crippen LogP contribution in [-0.4, -0.2) is 12.6 Å². The molecule has 2 aromatic carbocycles. The second-order valence-corrected chi connectivity index (χ2v) is 10.9. The highest BCUT2D eigenvalue weighted by Gasteiger charge is 2.52. The van der Waals surface area contributed by atoms with Gasteiger partial charge in [-0.05, 0) is 99.3 Å². The molecular weight excluding hydrogens is 418 g/mol. The van der Waals surface area contributed by atoms with Crippen LogP contribution in [0, 0.1) is 23.2 Å². The summed E-state index contributed by atoms with van der Waals surface area (Å²) in [6, 6.07) is 14.7. The van der Waals surface area contributed by atoms with Crippen molar-refractivity contribution in [3.05, 3.63) is 58.6 Å². The fraction of sp³-hybridized carbons (Fsp3) is 0.571. The number of benzene rings is 2. The molecule has 0 unspecified atom stereocenters. The monoisotopic (exact) mass is 453 g/mol. The molecule has 4 bridgehead atoms. The molecular formula is C28H36ClNO2. The van der Waals surface area contributed by atoms with Crippen molar-refractivity contribution in [2.45, 2.75) is 71.6 Å². The molecule has 0 aliphatic heterocycles. The molecule has 0 amide bonds. The Morgan fingerprint density at radius 1 is 0.969 bits per heavy atom. The molecule has 0 radical (unpaired) electrons. The van der Waals surface area contributed by atoms with E-state index in [1.54, 1.807) is 0 Å². The fourth-order valence-electron chi connectivity index (χ4n) is 7.02. The molecule has 0 saturated heterocycles. The Labute approximate surface area is 197 Å². The van der Waals surface area contributed by atoms with Crippen LogP contribution in [0.15, 0.2) is 42.5 Å². The second kappa shape index (κ2) is 9.27. The van der Waals surface area contributed by atoms with Gasteiger partial charge >= 0.3 is 0 Å². The topological polar surface area (TPSA) is 30.5 Å². The molecule has 0 spiro atoms. The van der Waals surface area contributed by atoms with E-state index in [2.05, 4.69) is 24.4 Å². The van der Waals surface area contributed by atoms with Crippen LogP contribution in [0.1, 0.15) is 63.5 Å². The minimum absolute atomic E-state index is 0.431. The number of hydrogen-bond donors (Lipinski definition) is 1. The van der Waals surface area contributed by atoms with Crippen molar-refractivity contribution in [2.24, 2.45) is 23.2 Å². The number of rotatable bonds is 9. The molecule has 4 aliphatic carbocycles. The van der Waals surface area contributed by atoms with Crippen LogP contribution in [0.4, 0.5) is 0 Å². The van der Waals surface area contributed by atoms with Gasteiger partial charge in [0.05, 0.1) is 6.61 Å². The van der Waals surface area contributed by atoms with Gasteiger partial charge < -0.3 is 14.8 Å². The standard InChI is InChI=1S/C28H36ClNO2/c1-3-31-27-13-20(8-9-26(27)32-18-24-6-4-5-7-25(24)29)17-30-19(2)28-14-21-10-22(15-28)12-23(11-21)16-28/h4-9,13,19,21-23,30H,3,10-12,14-18H2,1-2H3/t19-,21?,22?,23?,28?/m1/s1. The largest absolute Gasteiger partial charge is 0.490 e. The first kappa shape index (κ1) is 22.1. The molecule has 4 aliphatic rings. The smallest absolute Gasteiger partial charge is 0.161 e. The highest BCUT2D eigenvalue weighted by Crippen LogP contribution is 2.61. The van der Waals surface area contributed by atoms with Crippen LogP contribution >= 0.6 is 11.6 Å². The van der Waals surface area contributed by atoms with E-state index in [-0.39, 0.29) is 0 Å². The van der Waals surface area contributed by atoms with Crippen LogP contribution in [-0.2, 0) is 13.2 Å². The lowest BCUT2D eigenvalue weighted by Gasteiger charge is -2.59. The van der Waals surface area contributed by atoms with E-state index >= 15 is 0 Å². The lowest BCUT2D eigenvalue weighted by molar-refractivity contribution is -0.0706. The van der Waals surface area contributed by atoms with Gasteiger partial charge in [-0.15, -0.1) is 0 Å². The van der Waals surface area contributed by atoms with E-state index < -0.39 is 0 Å². The Balaban J connectivity index is 1.23. The van der Waals surface area contributed by atoms with E-state index in [0.717, 1.165) is 46.4 Å². The molecule has 32 heavy (non-hydrogen) atoms. The van der Waals surface area contributed by atoms with E-state index in [0.29, 0.717) is 24.7 Å². The van der Waals surface area contributed by atoms with Crippen molar-refractivity contribution in [3.63, 3.8) is 0 Å². The van der Waals surface area contributed by atoms with Gasteiger partial charge in [-0.3, -0.25) is 0 Å². The van der Waals surface area contributed by atoms with Gasteiger partial charge in [0.15, 0.2) is 11.5 Å². The lowest BCUT2D eigenvalue weighted by atomic mass is 9.48. The maximum Gasteiger partial charge on any atom is 0.161 e. The SMILES string of the molecule is CCOc1cc(CN[C@H](C)C23CC4CC(CC(C4)C2)C3)ccc1OCc1ccccc1Cl. The van der Waals surface area contributed by atoms with E-state index in [1.807, 2.05) is 37.3 Å². The third-order valence-electron chi connectivity index (χ3n) is 8.27. The molecule has 4 saturated carbocycles. The molecule has 4 heteroatoms. The van der Waals surface area contributed by atoms with E-state index in [9.17, 15) is 0 Å². The van der Waals surface area contributed by atoms with Crippen molar-refractivity contribution in [2.75, 3.05) is 6.61 Å². The van der Waals surface area contributed by atoms with Gasteiger partial charge in [0, 0.05) is 23.2 Å². The maximum absolute atomic E-state index is 6.28. The molecule has 4 fully saturated rings. The van der Waals surface area contributed by atoms with Gasteiger partial charge in [-0.1, -0.05) is 35.9 Å². The van der Waals surface area contributed by atoms with Crippen LogP contribution in [0.25, 0.3) is 0 Å². The highest BCUT2D eigenvalue weighted by atomic mass is 35.5. The average Bonchev–Trinajstić information content (AvgIpc) is 2.77. The van der Waals surface area contributed by atoms with Gasteiger partial charge in [0.25, 0.3) is 0 Å².